The van der Waals surface area contributed by atoms with E-state index in [9.17, 15) is 0 Å². The molecule has 0 aliphatic carbocycles. The molecule has 0 saturated heterocycles. The number of aliphatic imine (C=N–C) groups is 2. The van der Waals surface area contributed by atoms with Crippen LogP contribution in [-0.2, 0) is 16.5 Å². The Balaban J connectivity index is 0.00000288. The van der Waals surface area contributed by atoms with Gasteiger partial charge >= 0.3 is 0 Å². The van der Waals surface area contributed by atoms with Gasteiger partial charge in [-0.2, -0.15) is 0 Å². The number of hydrogen-bond acceptors (Lipinski definition) is 2. The van der Waals surface area contributed by atoms with Gasteiger partial charge in [0.25, 0.3) is 0 Å². The predicted molar refractivity (Wildman–Crippen MR) is 102 cm³/mol. The van der Waals surface area contributed by atoms with E-state index in [2.05, 4.69) is 56.1 Å². The van der Waals surface area contributed by atoms with Gasteiger partial charge in [0.05, 0.1) is 17.1 Å². The fraction of sp³-hybridized carbons (Fsp3) is 0.333. The first-order valence-electron chi connectivity index (χ1n) is 8.42. The Kier molecular flexibility index (Phi) is 9.26. The molecular weight excluding hydrogens is 339 g/mol. The summed E-state index contributed by atoms with van der Waals surface area (Å²) in [6.45, 7) is 6.40. The van der Waals surface area contributed by atoms with E-state index in [1.54, 1.807) is 0 Å². The molecule has 0 saturated carbocycles. The van der Waals surface area contributed by atoms with Crippen LogP contribution in [0.25, 0.3) is 0 Å². The first kappa shape index (κ1) is 20.3. The molecular formula is C21H26N2Ni. The summed E-state index contributed by atoms with van der Waals surface area (Å²) in [5.41, 5.74) is 5.49. The van der Waals surface area contributed by atoms with Gasteiger partial charge in [-0.3, -0.25) is 9.98 Å². The van der Waals surface area contributed by atoms with Gasteiger partial charge in [-0.25, -0.2) is 0 Å². The summed E-state index contributed by atoms with van der Waals surface area (Å²) >= 11 is 0. The number of benzene rings is 2. The molecule has 0 fully saturated rings. The van der Waals surface area contributed by atoms with Gasteiger partial charge in [0.15, 0.2) is 0 Å². The van der Waals surface area contributed by atoms with Gasteiger partial charge in [0.1, 0.15) is 0 Å². The average Bonchev–Trinajstić information content (AvgIpc) is 2.53. The number of hydrogen-bond donors (Lipinski definition) is 0. The quantitative estimate of drug-likeness (QED) is 0.310. The molecule has 0 spiro atoms. The Hall–Kier alpha value is -1.73. The van der Waals surface area contributed by atoms with Crippen LogP contribution in [0.4, 0.5) is 11.4 Å². The Morgan fingerprint density at radius 1 is 0.917 bits per heavy atom. The van der Waals surface area contributed by atoms with Crippen LogP contribution in [0.5, 0.6) is 0 Å². The summed E-state index contributed by atoms with van der Waals surface area (Å²) in [5, 5.41) is 0. The van der Waals surface area contributed by atoms with Crippen molar-refractivity contribution in [1.82, 2.24) is 0 Å². The summed E-state index contributed by atoms with van der Waals surface area (Å²) in [6, 6.07) is 16.5. The van der Waals surface area contributed by atoms with Gasteiger partial charge in [-0.15, -0.1) is 0 Å². The number of rotatable bonds is 7. The molecule has 0 atom stereocenters. The summed E-state index contributed by atoms with van der Waals surface area (Å²) < 4.78 is 0. The third kappa shape index (κ3) is 7.23. The van der Waals surface area contributed by atoms with Crippen LogP contribution in [0.1, 0.15) is 43.7 Å². The monoisotopic (exact) mass is 364 g/mol. The van der Waals surface area contributed by atoms with Gasteiger partial charge < -0.3 is 0 Å². The zero-order chi connectivity index (χ0) is 16.5. The van der Waals surface area contributed by atoms with E-state index in [1.807, 2.05) is 24.4 Å². The Bertz CT molecular complexity index is 690. The van der Waals surface area contributed by atoms with Crippen molar-refractivity contribution >= 4 is 23.3 Å². The molecule has 3 heteroatoms. The molecule has 0 heterocycles. The molecule has 2 aromatic carbocycles. The van der Waals surface area contributed by atoms with Gasteiger partial charge in [0.2, 0.25) is 0 Å². The smallest absolute Gasteiger partial charge is 0.0636 e. The van der Waals surface area contributed by atoms with Crippen LogP contribution in [0.15, 0.2) is 58.5 Å². The van der Waals surface area contributed by atoms with Crippen molar-refractivity contribution < 1.29 is 16.5 Å². The normalized spacial score (nSPS) is 11.5. The third-order valence-corrected chi connectivity index (χ3v) is 3.68. The van der Waals surface area contributed by atoms with Crippen LogP contribution in [-0.4, -0.2) is 11.9 Å². The average molecular weight is 365 g/mol. The molecule has 130 valence electrons. The molecule has 0 radical (unpaired) electrons. The fourth-order valence-electron chi connectivity index (χ4n) is 2.43. The van der Waals surface area contributed by atoms with Crippen molar-refractivity contribution in [2.45, 2.75) is 46.5 Å². The second-order valence-electron chi connectivity index (χ2n) is 6.00. The van der Waals surface area contributed by atoms with Crippen molar-refractivity contribution in [2.75, 3.05) is 0 Å². The minimum absolute atomic E-state index is 0. The second-order valence-corrected chi connectivity index (χ2v) is 6.00. The summed E-state index contributed by atoms with van der Waals surface area (Å²) in [6.07, 6.45) is 6.49. The first-order valence-corrected chi connectivity index (χ1v) is 8.42. The summed E-state index contributed by atoms with van der Waals surface area (Å²) in [7, 11) is 0. The van der Waals surface area contributed by atoms with E-state index in [0.29, 0.717) is 0 Å². The van der Waals surface area contributed by atoms with Crippen LogP contribution in [0, 0.1) is 13.8 Å². The predicted octanol–water partition coefficient (Wildman–Crippen LogP) is 6.36. The van der Waals surface area contributed by atoms with Gasteiger partial charge in [-0.05, 0) is 62.1 Å². The van der Waals surface area contributed by atoms with Crippen molar-refractivity contribution in [2.24, 2.45) is 9.98 Å². The zero-order valence-electron chi connectivity index (χ0n) is 14.7. The maximum absolute atomic E-state index is 4.80. The van der Waals surface area contributed by atoms with Crippen molar-refractivity contribution in [3.8, 4) is 0 Å². The third-order valence-electron chi connectivity index (χ3n) is 3.68. The molecule has 0 unspecified atom stereocenters. The SMILES string of the molecule is CCCCCC(/C=N/c1cccc(C)c1)=N\c1cccc(C)c1.[Ni]. The van der Waals surface area contributed by atoms with Crippen molar-refractivity contribution in [3.63, 3.8) is 0 Å². The topological polar surface area (TPSA) is 24.7 Å². The summed E-state index contributed by atoms with van der Waals surface area (Å²) in [4.78, 5) is 9.41. The largest absolute Gasteiger partial charge is 0.255 e. The maximum atomic E-state index is 4.80. The zero-order valence-corrected chi connectivity index (χ0v) is 15.7. The maximum Gasteiger partial charge on any atom is 0.0636 e. The standard InChI is InChI=1S/C21H26N2.Ni/c1-4-5-6-11-21(23-20-13-8-10-18(3)15-20)16-22-19-12-7-9-17(2)14-19;/h7-10,12-16H,4-6,11H2,1-3H3;/b22-16+,23-21+;. The van der Waals surface area contributed by atoms with Crippen molar-refractivity contribution in [3.05, 3.63) is 59.7 Å². The van der Waals surface area contributed by atoms with E-state index >= 15 is 0 Å². The van der Waals surface area contributed by atoms with E-state index in [-0.39, 0.29) is 16.5 Å². The van der Waals surface area contributed by atoms with E-state index in [4.69, 9.17) is 4.99 Å². The Morgan fingerprint density at radius 3 is 2.17 bits per heavy atom. The Labute approximate surface area is 156 Å². The van der Waals surface area contributed by atoms with Crippen LogP contribution in [0.2, 0.25) is 0 Å². The molecule has 0 aliphatic heterocycles. The molecule has 0 amide bonds. The molecule has 0 bridgehead atoms. The molecule has 2 rings (SSSR count). The molecule has 2 aromatic rings. The number of aryl methyl sites for hydroxylation is 2. The van der Waals surface area contributed by atoms with Crippen LogP contribution < -0.4 is 0 Å². The fourth-order valence-corrected chi connectivity index (χ4v) is 2.43. The molecule has 0 N–H and O–H groups in total. The first-order chi connectivity index (χ1) is 11.2. The van der Waals surface area contributed by atoms with E-state index < -0.39 is 0 Å². The van der Waals surface area contributed by atoms with Crippen LogP contribution >= 0.6 is 0 Å². The second kappa shape index (κ2) is 10.9. The van der Waals surface area contributed by atoms with Gasteiger partial charge in [0, 0.05) is 22.7 Å². The molecule has 2 nitrogen and oxygen atoms in total. The number of unbranched alkanes of at least 4 members (excludes halogenated alkanes) is 2. The van der Waals surface area contributed by atoms with E-state index in [1.165, 1.54) is 24.0 Å². The van der Waals surface area contributed by atoms with Gasteiger partial charge in [-0.1, -0.05) is 44.0 Å². The van der Waals surface area contributed by atoms with Crippen molar-refractivity contribution in [1.29, 1.82) is 0 Å². The molecule has 0 aromatic heterocycles. The minimum Gasteiger partial charge on any atom is -0.255 e. The Morgan fingerprint density at radius 2 is 1.54 bits per heavy atom. The minimum atomic E-state index is 0. The molecule has 0 aliphatic rings. The number of nitrogens with zero attached hydrogens (tertiary/aromatic N) is 2. The summed E-state index contributed by atoms with van der Waals surface area (Å²) in [5.74, 6) is 0. The van der Waals surface area contributed by atoms with E-state index in [0.717, 1.165) is 29.9 Å². The molecule has 24 heavy (non-hydrogen) atoms. The van der Waals surface area contributed by atoms with Crippen LogP contribution in [0.3, 0.4) is 0 Å².